The lowest BCUT2D eigenvalue weighted by Crippen LogP contribution is -2.24. The average molecular weight is 255 g/mol. The van der Waals surface area contributed by atoms with Gasteiger partial charge in [0.05, 0.1) is 5.52 Å². The van der Waals surface area contributed by atoms with Gasteiger partial charge in [-0.2, -0.15) is 0 Å². The Morgan fingerprint density at radius 2 is 2.16 bits per heavy atom. The smallest absolute Gasteiger partial charge is 0.293 e. The molecule has 2 aromatic rings. The van der Waals surface area contributed by atoms with Gasteiger partial charge in [0.15, 0.2) is 5.75 Å². The normalized spacial score (nSPS) is 18.7. The lowest BCUT2D eigenvalue weighted by atomic mass is 10.1. The van der Waals surface area contributed by atoms with E-state index in [0.717, 1.165) is 30.2 Å². The van der Waals surface area contributed by atoms with Gasteiger partial charge in [0.2, 0.25) is 0 Å². The topological polar surface area (TPSA) is 31.2 Å². The van der Waals surface area contributed by atoms with Gasteiger partial charge in [0.25, 0.3) is 5.56 Å². The average Bonchev–Trinajstić information content (AvgIpc) is 2.46. The van der Waals surface area contributed by atoms with Gasteiger partial charge in [-0.25, -0.2) is 0 Å². The Bertz CT molecular complexity index is 685. The fraction of sp³-hybridized carbons (Fsp3) is 0.312. The quantitative estimate of drug-likeness (QED) is 0.772. The van der Waals surface area contributed by atoms with Gasteiger partial charge in [0.1, 0.15) is 6.10 Å². The lowest BCUT2D eigenvalue weighted by molar-refractivity contribution is 0.226. The number of aromatic nitrogens is 1. The van der Waals surface area contributed by atoms with E-state index in [-0.39, 0.29) is 11.7 Å². The first-order valence-electron chi connectivity index (χ1n) is 6.68. The van der Waals surface area contributed by atoms with Crippen LogP contribution >= 0.6 is 0 Å². The maximum absolute atomic E-state index is 12.3. The van der Waals surface area contributed by atoms with E-state index in [9.17, 15) is 4.79 Å². The standard InChI is InChI=1S/C16H17NO2/c1-17-14-10-6-5-7-12(14)11-15(16(17)18)19-13-8-3-2-4-9-13/h3,5-8,10-11,13H,2,4,9H2,1H3. The molecular formula is C16H17NO2. The Morgan fingerprint density at radius 3 is 2.95 bits per heavy atom. The minimum Gasteiger partial charge on any atom is -0.481 e. The minimum atomic E-state index is -0.0716. The van der Waals surface area contributed by atoms with Crippen molar-refractivity contribution in [1.82, 2.24) is 4.57 Å². The highest BCUT2D eigenvalue weighted by molar-refractivity contribution is 5.80. The van der Waals surface area contributed by atoms with Gasteiger partial charge in [-0.3, -0.25) is 4.79 Å². The van der Waals surface area contributed by atoms with Crippen LogP contribution in [-0.2, 0) is 7.05 Å². The third kappa shape index (κ3) is 2.28. The number of pyridine rings is 1. The van der Waals surface area contributed by atoms with Gasteiger partial charge < -0.3 is 9.30 Å². The molecule has 0 amide bonds. The fourth-order valence-corrected chi connectivity index (χ4v) is 2.52. The SMILES string of the molecule is Cn1c(=O)c(OC2C=CCCC2)cc2ccccc21. The molecule has 1 aromatic heterocycles. The number of benzene rings is 1. The summed E-state index contributed by atoms with van der Waals surface area (Å²) in [7, 11) is 1.79. The van der Waals surface area contributed by atoms with Crippen molar-refractivity contribution in [2.75, 3.05) is 0 Å². The molecule has 1 unspecified atom stereocenters. The van der Waals surface area contributed by atoms with E-state index in [4.69, 9.17) is 4.74 Å². The lowest BCUT2D eigenvalue weighted by Gasteiger charge is -2.19. The first-order chi connectivity index (χ1) is 9.25. The molecule has 0 radical (unpaired) electrons. The van der Waals surface area contributed by atoms with Crippen molar-refractivity contribution in [3.8, 4) is 5.75 Å². The molecule has 0 saturated heterocycles. The molecule has 98 valence electrons. The summed E-state index contributed by atoms with van der Waals surface area (Å²) in [5.41, 5.74) is 0.858. The third-order valence-corrected chi connectivity index (χ3v) is 3.59. The van der Waals surface area contributed by atoms with Crippen LogP contribution in [0.2, 0.25) is 0 Å². The highest BCUT2D eigenvalue weighted by Crippen LogP contribution is 2.20. The zero-order valence-electron chi connectivity index (χ0n) is 11.0. The zero-order valence-corrected chi connectivity index (χ0v) is 11.0. The third-order valence-electron chi connectivity index (χ3n) is 3.59. The van der Waals surface area contributed by atoms with E-state index in [1.165, 1.54) is 0 Å². The molecule has 0 bridgehead atoms. The van der Waals surface area contributed by atoms with Crippen LogP contribution in [0, 0.1) is 0 Å². The number of aryl methyl sites for hydroxylation is 1. The Balaban J connectivity index is 2.03. The van der Waals surface area contributed by atoms with Crippen LogP contribution < -0.4 is 10.3 Å². The van der Waals surface area contributed by atoms with Crippen LogP contribution in [0.1, 0.15) is 19.3 Å². The largest absolute Gasteiger partial charge is 0.481 e. The van der Waals surface area contributed by atoms with Crippen LogP contribution in [0.4, 0.5) is 0 Å². The van der Waals surface area contributed by atoms with Crippen molar-refractivity contribution in [2.24, 2.45) is 7.05 Å². The molecule has 3 nitrogen and oxygen atoms in total. The van der Waals surface area contributed by atoms with E-state index < -0.39 is 0 Å². The second-order valence-corrected chi connectivity index (χ2v) is 4.95. The number of hydrogen-bond acceptors (Lipinski definition) is 2. The summed E-state index contributed by atoms with van der Waals surface area (Å²) in [6.07, 6.45) is 7.41. The summed E-state index contributed by atoms with van der Waals surface area (Å²) in [4.78, 5) is 12.3. The van der Waals surface area contributed by atoms with Gasteiger partial charge in [0, 0.05) is 12.4 Å². The molecule has 1 aromatic carbocycles. The van der Waals surface area contributed by atoms with Gasteiger partial charge in [-0.15, -0.1) is 0 Å². The van der Waals surface area contributed by atoms with Crippen LogP contribution in [0.25, 0.3) is 10.9 Å². The molecule has 0 fully saturated rings. The number of hydrogen-bond donors (Lipinski definition) is 0. The molecule has 0 aliphatic heterocycles. The fourth-order valence-electron chi connectivity index (χ4n) is 2.52. The van der Waals surface area contributed by atoms with Crippen molar-refractivity contribution in [3.63, 3.8) is 0 Å². The maximum atomic E-state index is 12.3. The summed E-state index contributed by atoms with van der Waals surface area (Å²) in [6.45, 7) is 0. The Labute approximate surface area is 112 Å². The van der Waals surface area contributed by atoms with Crippen molar-refractivity contribution in [1.29, 1.82) is 0 Å². The zero-order chi connectivity index (χ0) is 13.2. The van der Waals surface area contributed by atoms with Gasteiger partial charge >= 0.3 is 0 Å². The van der Waals surface area contributed by atoms with Crippen LogP contribution in [0.3, 0.4) is 0 Å². The number of ether oxygens (including phenoxy) is 1. The maximum Gasteiger partial charge on any atom is 0.293 e. The number of nitrogens with zero attached hydrogens (tertiary/aromatic N) is 1. The van der Waals surface area contributed by atoms with Crippen molar-refractivity contribution >= 4 is 10.9 Å². The minimum absolute atomic E-state index is 0.0302. The number of rotatable bonds is 2. The molecular weight excluding hydrogens is 238 g/mol. The summed E-state index contributed by atoms with van der Waals surface area (Å²) in [5.74, 6) is 0.442. The predicted octanol–water partition coefficient (Wildman–Crippen LogP) is 3.03. The Kier molecular flexibility index (Phi) is 3.11. The molecule has 1 aliphatic carbocycles. The number of allylic oxidation sites excluding steroid dienone is 1. The Hall–Kier alpha value is -2.03. The van der Waals surface area contributed by atoms with Crippen molar-refractivity contribution in [2.45, 2.75) is 25.4 Å². The molecule has 19 heavy (non-hydrogen) atoms. The second kappa shape index (κ2) is 4.92. The molecule has 0 spiro atoms. The van der Waals surface area contributed by atoms with E-state index in [1.807, 2.05) is 30.3 Å². The molecule has 3 rings (SSSR count). The summed E-state index contributed by atoms with van der Waals surface area (Å²) in [5, 5.41) is 1.03. The van der Waals surface area contributed by atoms with E-state index in [2.05, 4.69) is 12.2 Å². The molecule has 0 N–H and O–H groups in total. The van der Waals surface area contributed by atoms with Gasteiger partial charge in [-0.1, -0.05) is 24.3 Å². The van der Waals surface area contributed by atoms with E-state index >= 15 is 0 Å². The molecule has 1 atom stereocenters. The van der Waals surface area contributed by atoms with E-state index in [0.29, 0.717) is 5.75 Å². The number of para-hydroxylation sites is 1. The first-order valence-corrected chi connectivity index (χ1v) is 6.68. The van der Waals surface area contributed by atoms with Gasteiger partial charge in [-0.05, 0) is 37.5 Å². The highest BCUT2D eigenvalue weighted by atomic mass is 16.5. The van der Waals surface area contributed by atoms with Crippen molar-refractivity contribution < 1.29 is 4.74 Å². The van der Waals surface area contributed by atoms with Crippen LogP contribution in [-0.4, -0.2) is 10.7 Å². The number of fused-ring (bicyclic) bond motifs is 1. The molecule has 3 heteroatoms. The molecule has 0 saturated carbocycles. The molecule has 1 aliphatic rings. The van der Waals surface area contributed by atoms with Crippen molar-refractivity contribution in [3.05, 3.63) is 52.8 Å². The summed E-state index contributed by atoms with van der Waals surface area (Å²) in [6, 6.07) is 9.70. The monoisotopic (exact) mass is 255 g/mol. The summed E-state index contributed by atoms with van der Waals surface area (Å²) < 4.78 is 7.50. The first kappa shape index (κ1) is 12.0. The highest BCUT2D eigenvalue weighted by Gasteiger charge is 2.14. The van der Waals surface area contributed by atoms with E-state index in [1.54, 1.807) is 11.6 Å². The molecule has 1 heterocycles. The second-order valence-electron chi connectivity index (χ2n) is 4.95. The van der Waals surface area contributed by atoms with Crippen LogP contribution in [0.5, 0.6) is 5.75 Å². The summed E-state index contributed by atoms with van der Waals surface area (Å²) >= 11 is 0. The Morgan fingerprint density at radius 1 is 1.32 bits per heavy atom. The predicted molar refractivity (Wildman–Crippen MR) is 76.6 cm³/mol. The van der Waals surface area contributed by atoms with Crippen LogP contribution in [0.15, 0.2) is 47.3 Å².